The van der Waals surface area contributed by atoms with Gasteiger partial charge in [-0.1, -0.05) is 12.1 Å². The SMILES string of the molecule is Cc1nc(-c2cc(C(=O)N3CCC(c4ccc(C#N)cc4)CC3)c(C)cc2F)n[nH]1. The number of carbonyl (C=O) groups is 1. The molecule has 4 rings (SSSR count). The first-order valence-corrected chi connectivity index (χ1v) is 9.95. The minimum absolute atomic E-state index is 0.0979. The van der Waals surface area contributed by atoms with Gasteiger partial charge in [0.25, 0.3) is 5.91 Å². The van der Waals surface area contributed by atoms with E-state index in [4.69, 9.17) is 5.26 Å². The first kappa shape index (κ1) is 19.8. The smallest absolute Gasteiger partial charge is 0.254 e. The number of rotatable bonds is 3. The van der Waals surface area contributed by atoms with Crippen LogP contribution in [0.15, 0.2) is 36.4 Å². The van der Waals surface area contributed by atoms with Crippen LogP contribution in [0.4, 0.5) is 4.39 Å². The lowest BCUT2D eigenvalue weighted by molar-refractivity contribution is 0.0712. The minimum atomic E-state index is -0.442. The molecule has 1 saturated heterocycles. The zero-order chi connectivity index (χ0) is 21.3. The van der Waals surface area contributed by atoms with Gasteiger partial charge in [-0.2, -0.15) is 10.4 Å². The first-order valence-electron chi connectivity index (χ1n) is 9.95. The highest BCUT2D eigenvalue weighted by Crippen LogP contribution is 2.30. The highest BCUT2D eigenvalue weighted by atomic mass is 19.1. The van der Waals surface area contributed by atoms with Gasteiger partial charge in [0.2, 0.25) is 0 Å². The Balaban J connectivity index is 1.50. The van der Waals surface area contributed by atoms with Gasteiger partial charge in [-0.15, -0.1) is 0 Å². The van der Waals surface area contributed by atoms with Gasteiger partial charge in [0.15, 0.2) is 5.82 Å². The molecular formula is C23H22FN5O. The fourth-order valence-corrected chi connectivity index (χ4v) is 3.95. The summed E-state index contributed by atoms with van der Waals surface area (Å²) in [4.78, 5) is 19.2. The van der Waals surface area contributed by atoms with Crippen LogP contribution in [-0.4, -0.2) is 39.1 Å². The number of H-pyrrole nitrogens is 1. The topological polar surface area (TPSA) is 85.7 Å². The van der Waals surface area contributed by atoms with Crippen LogP contribution in [0.3, 0.4) is 0 Å². The van der Waals surface area contributed by atoms with E-state index in [9.17, 15) is 9.18 Å². The van der Waals surface area contributed by atoms with Crippen LogP contribution in [0.25, 0.3) is 11.4 Å². The summed E-state index contributed by atoms with van der Waals surface area (Å²) in [5.41, 5.74) is 3.14. The molecule has 0 saturated carbocycles. The third-order valence-corrected chi connectivity index (χ3v) is 5.68. The first-order chi connectivity index (χ1) is 14.5. The second-order valence-electron chi connectivity index (χ2n) is 7.69. The molecule has 2 aromatic carbocycles. The lowest BCUT2D eigenvalue weighted by Gasteiger charge is -2.32. The number of aryl methyl sites for hydroxylation is 2. The summed E-state index contributed by atoms with van der Waals surface area (Å²) in [6.45, 7) is 4.75. The Kier molecular flexibility index (Phi) is 5.32. The van der Waals surface area contributed by atoms with E-state index >= 15 is 0 Å². The van der Waals surface area contributed by atoms with Gasteiger partial charge in [-0.25, -0.2) is 9.37 Å². The highest BCUT2D eigenvalue weighted by molar-refractivity contribution is 5.96. The van der Waals surface area contributed by atoms with Crippen molar-refractivity contribution in [2.24, 2.45) is 0 Å². The largest absolute Gasteiger partial charge is 0.339 e. The van der Waals surface area contributed by atoms with Crippen LogP contribution in [0, 0.1) is 31.0 Å². The Labute approximate surface area is 174 Å². The summed E-state index contributed by atoms with van der Waals surface area (Å²) in [6, 6.07) is 12.7. The number of hydrogen-bond acceptors (Lipinski definition) is 4. The van der Waals surface area contributed by atoms with Crippen molar-refractivity contribution in [3.05, 3.63) is 70.3 Å². The fraction of sp³-hybridized carbons (Fsp3) is 0.304. The molecule has 1 aromatic heterocycles. The van der Waals surface area contributed by atoms with Crippen LogP contribution >= 0.6 is 0 Å². The molecule has 3 aromatic rings. The second-order valence-corrected chi connectivity index (χ2v) is 7.69. The molecule has 0 atom stereocenters. The number of aromatic amines is 1. The molecule has 0 aliphatic carbocycles. The summed E-state index contributed by atoms with van der Waals surface area (Å²) in [5.74, 6) is 0.658. The van der Waals surface area contributed by atoms with Crippen molar-refractivity contribution >= 4 is 5.91 Å². The van der Waals surface area contributed by atoms with E-state index in [0.717, 1.165) is 12.8 Å². The predicted molar refractivity (Wildman–Crippen MR) is 110 cm³/mol. The van der Waals surface area contributed by atoms with Gasteiger partial charge in [0.1, 0.15) is 11.6 Å². The molecule has 2 heterocycles. The van der Waals surface area contributed by atoms with Crippen molar-refractivity contribution in [1.29, 1.82) is 5.26 Å². The second kappa shape index (κ2) is 8.07. The number of aromatic nitrogens is 3. The monoisotopic (exact) mass is 403 g/mol. The van der Waals surface area contributed by atoms with E-state index in [1.165, 1.54) is 11.6 Å². The van der Waals surface area contributed by atoms with Gasteiger partial charge in [-0.3, -0.25) is 9.89 Å². The van der Waals surface area contributed by atoms with Gasteiger partial charge >= 0.3 is 0 Å². The number of amides is 1. The maximum atomic E-state index is 14.5. The average molecular weight is 403 g/mol. The molecule has 7 heteroatoms. The maximum Gasteiger partial charge on any atom is 0.254 e. The quantitative estimate of drug-likeness (QED) is 0.713. The molecule has 0 radical (unpaired) electrons. The van der Waals surface area contributed by atoms with Crippen molar-refractivity contribution in [3.8, 4) is 17.5 Å². The van der Waals surface area contributed by atoms with Crippen molar-refractivity contribution in [2.75, 3.05) is 13.1 Å². The van der Waals surface area contributed by atoms with E-state index in [0.29, 0.717) is 41.5 Å². The van der Waals surface area contributed by atoms with Crippen LogP contribution in [0.2, 0.25) is 0 Å². The third kappa shape index (κ3) is 3.81. The molecule has 6 nitrogen and oxygen atoms in total. The molecule has 30 heavy (non-hydrogen) atoms. The zero-order valence-electron chi connectivity index (χ0n) is 16.9. The predicted octanol–water partition coefficient (Wildman–Crippen LogP) is 4.12. The highest BCUT2D eigenvalue weighted by Gasteiger charge is 2.26. The van der Waals surface area contributed by atoms with E-state index in [1.807, 2.05) is 29.2 Å². The summed E-state index contributed by atoms with van der Waals surface area (Å²) in [6.07, 6.45) is 1.70. The summed E-state index contributed by atoms with van der Waals surface area (Å²) < 4.78 is 14.5. The van der Waals surface area contributed by atoms with Crippen LogP contribution in [0.5, 0.6) is 0 Å². The Morgan fingerprint density at radius 1 is 1.20 bits per heavy atom. The summed E-state index contributed by atoms with van der Waals surface area (Å²) in [7, 11) is 0. The molecule has 0 unspecified atom stereocenters. The van der Waals surface area contributed by atoms with E-state index in [-0.39, 0.29) is 17.3 Å². The molecule has 1 aliphatic rings. The van der Waals surface area contributed by atoms with Gasteiger partial charge in [0, 0.05) is 18.7 Å². The minimum Gasteiger partial charge on any atom is -0.339 e. The van der Waals surface area contributed by atoms with Crippen LogP contribution < -0.4 is 0 Å². The standard InChI is InChI=1S/C23H22FN5O/c1-14-11-21(24)20(22-26-15(2)27-28-22)12-19(14)23(30)29-9-7-18(8-10-29)17-5-3-16(13-25)4-6-17/h3-6,11-12,18H,7-10H2,1-2H3,(H,26,27,28). The number of carbonyl (C=O) groups excluding carboxylic acids is 1. The van der Waals surface area contributed by atoms with Crippen LogP contribution in [-0.2, 0) is 0 Å². The number of likely N-dealkylation sites (tertiary alicyclic amines) is 1. The Morgan fingerprint density at radius 3 is 2.50 bits per heavy atom. The van der Waals surface area contributed by atoms with Gasteiger partial charge in [0.05, 0.1) is 17.2 Å². The normalized spacial score (nSPS) is 14.5. The average Bonchev–Trinajstić information content (AvgIpc) is 3.19. The zero-order valence-corrected chi connectivity index (χ0v) is 16.9. The van der Waals surface area contributed by atoms with E-state index < -0.39 is 5.82 Å². The molecule has 152 valence electrons. The molecule has 1 fully saturated rings. The third-order valence-electron chi connectivity index (χ3n) is 5.68. The number of nitrogens with one attached hydrogen (secondary N) is 1. The number of benzene rings is 2. The fourth-order valence-electron chi connectivity index (χ4n) is 3.95. The Morgan fingerprint density at radius 2 is 1.90 bits per heavy atom. The molecule has 0 spiro atoms. The molecule has 1 amide bonds. The van der Waals surface area contributed by atoms with Gasteiger partial charge in [-0.05, 0) is 68.0 Å². The molecular weight excluding hydrogens is 381 g/mol. The van der Waals surface area contributed by atoms with Crippen molar-refractivity contribution in [2.45, 2.75) is 32.6 Å². The van der Waals surface area contributed by atoms with Crippen LogP contribution in [0.1, 0.15) is 51.6 Å². The number of nitrogens with zero attached hydrogens (tertiary/aromatic N) is 4. The lowest BCUT2D eigenvalue weighted by Crippen LogP contribution is -2.38. The maximum absolute atomic E-state index is 14.5. The lowest BCUT2D eigenvalue weighted by atomic mass is 9.88. The van der Waals surface area contributed by atoms with Crippen molar-refractivity contribution in [1.82, 2.24) is 20.1 Å². The summed E-state index contributed by atoms with van der Waals surface area (Å²) in [5, 5.41) is 15.7. The van der Waals surface area contributed by atoms with Gasteiger partial charge < -0.3 is 4.90 Å². The molecule has 0 bridgehead atoms. The number of halogens is 1. The Bertz CT molecular complexity index is 1120. The van der Waals surface area contributed by atoms with Crippen molar-refractivity contribution < 1.29 is 9.18 Å². The van der Waals surface area contributed by atoms with E-state index in [2.05, 4.69) is 21.3 Å². The van der Waals surface area contributed by atoms with Crippen molar-refractivity contribution in [3.63, 3.8) is 0 Å². The number of nitriles is 1. The number of piperidine rings is 1. The molecule has 1 N–H and O–H groups in total. The van der Waals surface area contributed by atoms with E-state index in [1.54, 1.807) is 19.9 Å². The summed E-state index contributed by atoms with van der Waals surface area (Å²) >= 11 is 0. The Hall–Kier alpha value is -3.53. The molecule has 1 aliphatic heterocycles. The number of hydrogen-bond donors (Lipinski definition) is 1.